The van der Waals surface area contributed by atoms with Crippen LogP contribution in [0.4, 0.5) is 0 Å². The number of nitrogens with zero attached hydrogens (tertiary/aromatic N) is 1. The molecular formula is C16H31N3O2. The first-order valence-corrected chi connectivity index (χ1v) is 8.26. The summed E-state index contributed by atoms with van der Waals surface area (Å²) < 4.78 is 4.91. The first kappa shape index (κ1) is 17.8. The molecule has 1 aliphatic rings. The quantitative estimate of drug-likeness (QED) is 0.313. The monoisotopic (exact) mass is 297 g/mol. The second kappa shape index (κ2) is 9.64. The van der Waals surface area contributed by atoms with E-state index in [1.54, 1.807) is 7.05 Å². The van der Waals surface area contributed by atoms with Gasteiger partial charge in [-0.3, -0.25) is 9.79 Å². The Morgan fingerprint density at radius 2 is 1.95 bits per heavy atom. The van der Waals surface area contributed by atoms with Crippen molar-refractivity contribution in [3.8, 4) is 0 Å². The number of carbonyl (C=O) groups excluding carboxylic acids is 1. The highest BCUT2D eigenvalue weighted by Crippen LogP contribution is 2.40. The van der Waals surface area contributed by atoms with Crippen molar-refractivity contribution in [1.82, 2.24) is 10.6 Å². The molecule has 0 aromatic heterocycles. The normalized spacial score (nSPS) is 17.6. The molecule has 5 nitrogen and oxygen atoms in total. The minimum Gasteiger partial charge on any atom is -0.466 e. The van der Waals surface area contributed by atoms with Crippen LogP contribution in [0.1, 0.15) is 58.8 Å². The lowest BCUT2D eigenvalue weighted by Gasteiger charge is -2.28. The Morgan fingerprint density at radius 1 is 1.24 bits per heavy atom. The molecule has 0 amide bonds. The van der Waals surface area contributed by atoms with Crippen LogP contribution in [0, 0.1) is 5.41 Å². The molecule has 5 heteroatoms. The maximum atomic E-state index is 11.2. The molecule has 0 saturated heterocycles. The van der Waals surface area contributed by atoms with E-state index >= 15 is 0 Å². The molecule has 0 aliphatic heterocycles. The zero-order chi connectivity index (χ0) is 15.6. The Balaban J connectivity index is 2.21. The topological polar surface area (TPSA) is 62.7 Å². The molecule has 1 rings (SSSR count). The first-order chi connectivity index (χ1) is 10.2. The zero-order valence-electron chi connectivity index (χ0n) is 13.8. The molecule has 0 unspecified atom stereocenters. The van der Waals surface area contributed by atoms with Crippen LogP contribution < -0.4 is 10.6 Å². The summed E-state index contributed by atoms with van der Waals surface area (Å²) in [6, 6.07) is 0. The van der Waals surface area contributed by atoms with Gasteiger partial charge in [0.15, 0.2) is 5.96 Å². The minimum absolute atomic E-state index is 0.127. The summed E-state index contributed by atoms with van der Waals surface area (Å²) in [6.07, 6.45) is 7.77. The van der Waals surface area contributed by atoms with Gasteiger partial charge in [-0.2, -0.15) is 0 Å². The maximum absolute atomic E-state index is 11.2. The Kier molecular flexibility index (Phi) is 8.16. The minimum atomic E-state index is -0.127. The molecule has 122 valence electrons. The standard InChI is InChI=1S/C16H31N3O2/c1-4-16(10-6-7-11-16)13-19-15(17-3)18-12-8-9-14(20)21-5-2/h4-13H2,1-3H3,(H2,17,18,19). The Bertz CT molecular complexity index is 336. The van der Waals surface area contributed by atoms with E-state index in [4.69, 9.17) is 4.74 Å². The van der Waals surface area contributed by atoms with Crippen LogP contribution in [-0.2, 0) is 9.53 Å². The molecule has 0 heterocycles. The molecule has 1 aliphatic carbocycles. The smallest absolute Gasteiger partial charge is 0.305 e. The van der Waals surface area contributed by atoms with E-state index < -0.39 is 0 Å². The van der Waals surface area contributed by atoms with Crippen LogP contribution in [0.25, 0.3) is 0 Å². The lowest BCUT2D eigenvalue weighted by atomic mass is 9.83. The number of nitrogens with one attached hydrogen (secondary N) is 2. The average molecular weight is 297 g/mol. The van der Waals surface area contributed by atoms with Gasteiger partial charge < -0.3 is 15.4 Å². The zero-order valence-corrected chi connectivity index (χ0v) is 13.8. The second-order valence-corrected chi connectivity index (χ2v) is 5.82. The highest BCUT2D eigenvalue weighted by molar-refractivity contribution is 5.79. The highest BCUT2D eigenvalue weighted by Gasteiger charge is 2.31. The number of ether oxygens (including phenoxy) is 1. The first-order valence-electron chi connectivity index (χ1n) is 8.26. The van der Waals surface area contributed by atoms with Gasteiger partial charge in [-0.15, -0.1) is 0 Å². The molecular weight excluding hydrogens is 266 g/mol. The van der Waals surface area contributed by atoms with E-state index in [-0.39, 0.29) is 5.97 Å². The van der Waals surface area contributed by atoms with Crippen molar-refractivity contribution in [3.63, 3.8) is 0 Å². The summed E-state index contributed by atoms with van der Waals surface area (Å²) in [5.41, 5.74) is 0.447. The van der Waals surface area contributed by atoms with Gasteiger partial charge in [0.25, 0.3) is 0 Å². The van der Waals surface area contributed by atoms with Crippen LogP contribution in [0.5, 0.6) is 0 Å². The van der Waals surface area contributed by atoms with Gasteiger partial charge in [0, 0.05) is 26.6 Å². The average Bonchev–Trinajstić information content (AvgIpc) is 2.96. The summed E-state index contributed by atoms with van der Waals surface area (Å²) in [7, 11) is 1.79. The van der Waals surface area contributed by atoms with Crippen LogP contribution in [0.15, 0.2) is 4.99 Å². The van der Waals surface area contributed by atoms with E-state index in [2.05, 4.69) is 22.5 Å². The third-order valence-electron chi connectivity index (χ3n) is 4.42. The van der Waals surface area contributed by atoms with Crippen molar-refractivity contribution >= 4 is 11.9 Å². The number of guanidine groups is 1. The molecule has 1 saturated carbocycles. The molecule has 21 heavy (non-hydrogen) atoms. The van der Waals surface area contributed by atoms with Gasteiger partial charge in [-0.05, 0) is 38.0 Å². The maximum Gasteiger partial charge on any atom is 0.305 e. The Labute approximate surface area is 128 Å². The summed E-state index contributed by atoms with van der Waals surface area (Å²) in [6.45, 7) is 6.28. The Morgan fingerprint density at radius 3 is 2.52 bits per heavy atom. The Hall–Kier alpha value is -1.26. The predicted molar refractivity (Wildman–Crippen MR) is 86.4 cm³/mol. The molecule has 0 spiro atoms. The van der Waals surface area contributed by atoms with Gasteiger partial charge in [-0.25, -0.2) is 0 Å². The van der Waals surface area contributed by atoms with E-state index in [1.165, 1.54) is 32.1 Å². The van der Waals surface area contributed by atoms with Gasteiger partial charge in [0.2, 0.25) is 0 Å². The molecule has 0 atom stereocenters. The number of aliphatic imine (C=N–C) groups is 1. The molecule has 0 aromatic rings. The predicted octanol–water partition coefficient (Wildman–Crippen LogP) is 2.47. The van der Waals surface area contributed by atoms with Crippen molar-refractivity contribution in [3.05, 3.63) is 0 Å². The summed E-state index contributed by atoms with van der Waals surface area (Å²) in [5, 5.41) is 6.70. The summed E-state index contributed by atoms with van der Waals surface area (Å²) in [5.74, 6) is 0.705. The van der Waals surface area contributed by atoms with Crippen molar-refractivity contribution in [2.75, 3.05) is 26.7 Å². The largest absolute Gasteiger partial charge is 0.466 e. The summed E-state index contributed by atoms with van der Waals surface area (Å²) >= 11 is 0. The van der Waals surface area contributed by atoms with E-state index in [0.29, 0.717) is 18.4 Å². The summed E-state index contributed by atoms with van der Waals surface area (Å²) in [4.78, 5) is 15.5. The lowest BCUT2D eigenvalue weighted by Crippen LogP contribution is -2.43. The van der Waals surface area contributed by atoms with Crippen molar-refractivity contribution in [2.24, 2.45) is 10.4 Å². The van der Waals surface area contributed by atoms with Crippen LogP contribution in [0.2, 0.25) is 0 Å². The van der Waals surface area contributed by atoms with Gasteiger partial charge in [-0.1, -0.05) is 19.8 Å². The number of rotatable bonds is 8. The van der Waals surface area contributed by atoms with Gasteiger partial charge in [0.1, 0.15) is 0 Å². The van der Waals surface area contributed by atoms with Crippen molar-refractivity contribution in [1.29, 1.82) is 0 Å². The van der Waals surface area contributed by atoms with E-state index in [9.17, 15) is 4.79 Å². The number of hydrogen-bond donors (Lipinski definition) is 2. The highest BCUT2D eigenvalue weighted by atomic mass is 16.5. The molecule has 2 N–H and O–H groups in total. The van der Waals surface area contributed by atoms with Crippen molar-refractivity contribution < 1.29 is 9.53 Å². The number of esters is 1. The van der Waals surface area contributed by atoms with Crippen LogP contribution in [0.3, 0.4) is 0 Å². The van der Waals surface area contributed by atoms with Crippen molar-refractivity contribution in [2.45, 2.75) is 58.8 Å². The fraction of sp³-hybridized carbons (Fsp3) is 0.875. The number of hydrogen-bond acceptors (Lipinski definition) is 3. The van der Waals surface area contributed by atoms with Gasteiger partial charge >= 0.3 is 5.97 Å². The van der Waals surface area contributed by atoms with E-state index in [1.807, 2.05) is 6.92 Å². The third-order valence-corrected chi connectivity index (χ3v) is 4.42. The fourth-order valence-corrected chi connectivity index (χ4v) is 2.94. The van der Waals surface area contributed by atoms with E-state index in [0.717, 1.165) is 25.5 Å². The molecule has 0 bridgehead atoms. The SMILES string of the molecule is CCOC(=O)CCCNC(=NC)NCC1(CC)CCCC1. The molecule has 1 fully saturated rings. The van der Waals surface area contributed by atoms with Gasteiger partial charge in [0.05, 0.1) is 6.61 Å². The third kappa shape index (κ3) is 6.36. The van der Waals surface area contributed by atoms with Crippen LogP contribution in [-0.4, -0.2) is 38.7 Å². The molecule has 0 radical (unpaired) electrons. The fourth-order valence-electron chi connectivity index (χ4n) is 2.94. The second-order valence-electron chi connectivity index (χ2n) is 5.82. The number of carbonyl (C=O) groups is 1. The lowest BCUT2D eigenvalue weighted by molar-refractivity contribution is -0.143. The molecule has 0 aromatic carbocycles. The van der Waals surface area contributed by atoms with Crippen LogP contribution >= 0.6 is 0 Å².